The van der Waals surface area contributed by atoms with Crippen molar-refractivity contribution in [2.24, 2.45) is 5.41 Å². The summed E-state index contributed by atoms with van der Waals surface area (Å²) in [5.74, 6) is -0.724. The molecule has 0 aliphatic rings. The Morgan fingerprint density at radius 1 is 1.16 bits per heavy atom. The Bertz CT molecular complexity index is 1130. The van der Waals surface area contributed by atoms with Crippen molar-refractivity contribution in [2.45, 2.75) is 46.9 Å². The fourth-order valence-corrected chi connectivity index (χ4v) is 4.53. The van der Waals surface area contributed by atoms with Crippen LogP contribution in [0.3, 0.4) is 0 Å². The lowest BCUT2D eigenvalue weighted by molar-refractivity contribution is -0.131. The number of nitrogens with one attached hydrogen (secondary N) is 1. The topological polar surface area (TPSA) is 81.3 Å². The molecule has 0 spiro atoms. The summed E-state index contributed by atoms with van der Waals surface area (Å²) in [5, 5.41) is 1.10. The number of esters is 1. The van der Waals surface area contributed by atoms with Gasteiger partial charge in [0.25, 0.3) is 0 Å². The average molecular weight is 458 g/mol. The Kier molecular flexibility index (Phi) is 6.69. The first kappa shape index (κ1) is 23.2. The number of benzene rings is 1. The third-order valence-electron chi connectivity index (χ3n) is 4.65. The Morgan fingerprint density at radius 3 is 2.48 bits per heavy atom. The van der Waals surface area contributed by atoms with E-state index in [-0.39, 0.29) is 34.4 Å². The summed E-state index contributed by atoms with van der Waals surface area (Å²) in [5.41, 5.74) is 1.71. The quantitative estimate of drug-likeness (QED) is 0.290. The summed E-state index contributed by atoms with van der Waals surface area (Å²) in [6.45, 7) is 11.8. The monoisotopic (exact) mass is 457 g/mol. The van der Waals surface area contributed by atoms with Crippen LogP contribution >= 0.6 is 11.6 Å². The Balaban J connectivity index is 2.08. The van der Waals surface area contributed by atoms with Gasteiger partial charge in [-0.15, -0.1) is 0 Å². The number of halogens is 1. The molecule has 2 heterocycles. The van der Waals surface area contributed by atoms with E-state index in [0.717, 1.165) is 5.56 Å². The molecule has 1 radical (unpaired) electrons. The van der Waals surface area contributed by atoms with Gasteiger partial charge in [-0.25, -0.2) is 0 Å². The Hall–Kier alpha value is -2.48. The predicted molar refractivity (Wildman–Crippen MR) is 123 cm³/mol. The van der Waals surface area contributed by atoms with Crippen LogP contribution in [-0.2, 0) is 9.22 Å². The van der Waals surface area contributed by atoms with Gasteiger partial charge < -0.3 is 14.1 Å². The van der Waals surface area contributed by atoms with Gasteiger partial charge in [-0.2, -0.15) is 0 Å². The van der Waals surface area contributed by atoms with Gasteiger partial charge in [0, 0.05) is 23.5 Å². The van der Waals surface area contributed by atoms with Gasteiger partial charge in [0.1, 0.15) is 11.4 Å². The van der Waals surface area contributed by atoms with E-state index in [1.165, 1.54) is 6.92 Å². The van der Waals surface area contributed by atoms with E-state index in [9.17, 15) is 9.59 Å². The lowest BCUT2D eigenvalue weighted by atomic mass is 9.85. The van der Waals surface area contributed by atoms with Crippen molar-refractivity contribution < 1.29 is 18.8 Å². The van der Waals surface area contributed by atoms with Crippen LogP contribution < -0.4 is 4.74 Å². The molecule has 1 N–H and O–H groups in total. The summed E-state index contributed by atoms with van der Waals surface area (Å²) in [6.07, 6.45) is 1.42. The van der Waals surface area contributed by atoms with Crippen LogP contribution in [0.25, 0.3) is 10.9 Å². The number of ketones is 1. The summed E-state index contributed by atoms with van der Waals surface area (Å²) in [6, 6.07) is 8.69. The molecule has 1 aromatic carbocycles. The van der Waals surface area contributed by atoms with Gasteiger partial charge in [0.15, 0.2) is 5.75 Å². The number of pyridine rings is 1. The molecule has 0 amide bonds. The molecule has 1 atom stereocenters. The SMILES string of the molecule is CC(=O)Oc1c(C(=O)c2cc(C(O[Si](C)C)C(C)(C)C)ccn2)[nH]c2cc(Cl)ccc12. The van der Waals surface area contributed by atoms with Crippen molar-refractivity contribution in [3.63, 3.8) is 0 Å². The minimum Gasteiger partial charge on any atom is -0.424 e. The van der Waals surface area contributed by atoms with Gasteiger partial charge in [-0.3, -0.25) is 14.6 Å². The molecule has 0 saturated heterocycles. The second kappa shape index (κ2) is 8.94. The molecule has 3 aromatic rings. The van der Waals surface area contributed by atoms with E-state index in [1.54, 1.807) is 30.5 Å². The maximum Gasteiger partial charge on any atom is 0.308 e. The first-order valence-corrected chi connectivity index (χ1v) is 12.7. The fourth-order valence-electron chi connectivity index (χ4n) is 3.40. The van der Waals surface area contributed by atoms with Crippen LogP contribution in [0.1, 0.15) is 55.5 Å². The summed E-state index contributed by atoms with van der Waals surface area (Å²) in [4.78, 5) is 32.4. The second-order valence-electron chi connectivity index (χ2n) is 8.69. The normalized spacial score (nSPS) is 12.9. The molecule has 0 aliphatic carbocycles. The number of hydrogen-bond acceptors (Lipinski definition) is 5. The molecule has 3 rings (SSSR count). The van der Waals surface area contributed by atoms with Crippen molar-refractivity contribution in [1.29, 1.82) is 0 Å². The number of ether oxygens (including phenoxy) is 1. The van der Waals surface area contributed by atoms with Crippen LogP contribution in [0.5, 0.6) is 5.75 Å². The van der Waals surface area contributed by atoms with E-state index in [4.69, 9.17) is 20.8 Å². The summed E-state index contributed by atoms with van der Waals surface area (Å²) in [7, 11) is -0.970. The number of rotatable bonds is 6. The van der Waals surface area contributed by atoms with E-state index in [0.29, 0.717) is 15.9 Å². The Labute approximate surface area is 188 Å². The van der Waals surface area contributed by atoms with E-state index < -0.39 is 15.0 Å². The molecule has 1 unspecified atom stereocenters. The third kappa shape index (κ3) is 5.23. The van der Waals surface area contributed by atoms with Crippen molar-refractivity contribution in [2.75, 3.05) is 0 Å². The maximum absolute atomic E-state index is 13.4. The number of fused-ring (bicyclic) bond motifs is 1. The van der Waals surface area contributed by atoms with Crippen molar-refractivity contribution in [3.05, 3.63) is 58.5 Å². The molecule has 2 aromatic heterocycles. The zero-order valence-electron chi connectivity index (χ0n) is 18.5. The first-order chi connectivity index (χ1) is 14.5. The van der Waals surface area contributed by atoms with Gasteiger partial charge in [-0.1, -0.05) is 32.4 Å². The molecular weight excluding hydrogens is 432 g/mol. The highest BCUT2D eigenvalue weighted by atomic mass is 35.5. The van der Waals surface area contributed by atoms with Gasteiger partial charge in [0.2, 0.25) is 14.8 Å². The average Bonchev–Trinajstić information content (AvgIpc) is 3.01. The number of nitrogens with zero attached hydrogens (tertiary/aromatic N) is 1. The third-order valence-corrected chi connectivity index (χ3v) is 5.59. The van der Waals surface area contributed by atoms with Crippen molar-refractivity contribution in [1.82, 2.24) is 9.97 Å². The van der Waals surface area contributed by atoms with Crippen LogP contribution in [-0.4, -0.2) is 30.8 Å². The minimum absolute atomic E-state index is 0.154. The summed E-state index contributed by atoms with van der Waals surface area (Å²) >= 11 is 6.09. The number of H-pyrrole nitrogens is 1. The Morgan fingerprint density at radius 2 is 1.87 bits per heavy atom. The van der Waals surface area contributed by atoms with Crippen LogP contribution in [0.2, 0.25) is 18.1 Å². The lowest BCUT2D eigenvalue weighted by Crippen LogP contribution is -2.26. The number of aromatic amines is 1. The van der Waals surface area contributed by atoms with Gasteiger partial charge in [0.05, 0.1) is 11.6 Å². The molecule has 0 bridgehead atoms. The van der Waals surface area contributed by atoms with Gasteiger partial charge >= 0.3 is 5.97 Å². The molecule has 0 aliphatic heterocycles. The first-order valence-electron chi connectivity index (χ1n) is 9.94. The predicted octanol–water partition coefficient (Wildman–Crippen LogP) is 5.73. The highest BCUT2D eigenvalue weighted by Gasteiger charge is 2.30. The highest BCUT2D eigenvalue weighted by Crippen LogP contribution is 2.37. The molecule has 163 valence electrons. The van der Waals surface area contributed by atoms with Gasteiger partial charge in [-0.05, 0) is 54.4 Å². The number of hydrogen-bond donors (Lipinski definition) is 1. The number of carbonyl (C=O) groups is 2. The van der Waals surface area contributed by atoms with Crippen LogP contribution in [0, 0.1) is 5.41 Å². The lowest BCUT2D eigenvalue weighted by Gasteiger charge is -2.32. The largest absolute Gasteiger partial charge is 0.424 e. The van der Waals surface area contributed by atoms with Crippen molar-refractivity contribution in [3.8, 4) is 5.75 Å². The molecule has 6 nitrogen and oxygen atoms in total. The fraction of sp³-hybridized carbons (Fsp3) is 0.348. The summed E-state index contributed by atoms with van der Waals surface area (Å²) < 4.78 is 11.6. The second-order valence-corrected chi connectivity index (χ2v) is 11.2. The molecule has 0 saturated carbocycles. The standard InChI is InChI=1S/C23H26ClN2O4Si/c1-13(27)29-21-16-8-7-15(24)12-17(16)26-19(21)20(28)18-11-14(9-10-25-18)22(23(2,3)4)30-31(5)6/h7-12,22,26H,1-6H3. The molecular formula is C23H26ClN2O4Si. The zero-order valence-corrected chi connectivity index (χ0v) is 20.3. The molecule has 31 heavy (non-hydrogen) atoms. The van der Waals surface area contributed by atoms with E-state index >= 15 is 0 Å². The van der Waals surface area contributed by atoms with E-state index in [2.05, 4.69) is 43.8 Å². The molecule has 0 fully saturated rings. The highest BCUT2D eigenvalue weighted by molar-refractivity contribution is 6.48. The van der Waals surface area contributed by atoms with Crippen molar-refractivity contribution >= 4 is 43.3 Å². The number of aromatic nitrogens is 2. The maximum atomic E-state index is 13.4. The smallest absolute Gasteiger partial charge is 0.308 e. The molecule has 8 heteroatoms. The zero-order chi connectivity index (χ0) is 22.9. The number of carbonyl (C=O) groups excluding carboxylic acids is 2. The van der Waals surface area contributed by atoms with Crippen LogP contribution in [0.15, 0.2) is 36.5 Å². The minimum atomic E-state index is -0.970. The van der Waals surface area contributed by atoms with Crippen LogP contribution in [0.4, 0.5) is 0 Å². The van der Waals surface area contributed by atoms with E-state index in [1.807, 2.05) is 6.07 Å².